The Morgan fingerprint density at radius 3 is 2.40 bits per heavy atom. The van der Waals surface area contributed by atoms with E-state index in [-0.39, 0.29) is 10.6 Å². The lowest BCUT2D eigenvalue weighted by Gasteiger charge is -1.91. The van der Waals surface area contributed by atoms with Crippen molar-refractivity contribution in [3.8, 4) is 0 Å². The summed E-state index contributed by atoms with van der Waals surface area (Å²) in [5.74, 6) is -0.924. The Bertz CT molecular complexity index is 254. The van der Waals surface area contributed by atoms with E-state index in [1.165, 1.54) is 0 Å². The Morgan fingerprint density at radius 2 is 2.20 bits per heavy atom. The molecule has 0 spiro atoms. The summed E-state index contributed by atoms with van der Waals surface area (Å²) in [5, 5.41) is 2.12. The zero-order valence-corrected chi connectivity index (χ0v) is 5.73. The number of rotatable bonds is 1. The largest absolute Gasteiger partial charge is 0.289 e. The first-order valence-electron chi connectivity index (χ1n) is 2.53. The van der Waals surface area contributed by atoms with Gasteiger partial charge in [-0.1, -0.05) is 18.2 Å². The summed E-state index contributed by atoms with van der Waals surface area (Å²) in [7, 11) is 0. The standard InChI is InChI=1S/C6H4ClNO2/c1-3(7)4-2-5(9)8-6(4)10/h2H,1H2,(H,8,9,10). The molecular formula is C6H4ClNO2. The Morgan fingerprint density at radius 1 is 1.60 bits per heavy atom. The van der Waals surface area contributed by atoms with Gasteiger partial charge in [-0.05, 0) is 0 Å². The van der Waals surface area contributed by atoms with Crippen molar-refractivity contribution in [2.45, 2.75) is 0 Å². The lowest BCUT2D eigenvalue weighted by molar-refractivity contribution is -0.123. The number of carbonyl (C=O) groups excluding carboxylic acids is 2. The minimum atomic E-state index is -0.481. The van der Waals surface area contributed by atoms with Gasteiger partial charge in [0.25, 0.3) is 11.8 Å². The number of imide groups is 1. The molecule has 1 heterocycles. The van der Waals surface area contributed by atoms with E-state index in [0.717, 1.165) is 6.08 Å². The van der Waals surface area contributed by atoms with Crippen LogP contribution in [0.25, 0.3) is 0 Å². The van der Waals surface area contributed by atoms with E-state index in [2.05, 4.69) is 6.58 Å². The minimum Gasteiger partial charge on any atom is -0.289 e. The van der Waals surface area contributed by atoms with Gasteiger partial charge in [0.05, 0.1) is 5.57 Å². The molecule has 1 rings (SSSR count). The molecule has 0 aliphatic carbocycles. The lowest BCUT2D eigenvalue weighted by Crippen LogP contribution is -2.22. The van der Waals surface area contributed by atoms with E-state index >= 15 is 0 Å². The summed E-state index contributed by atoms with van der Waals surface area (Å²) in [6, 6.07) is 0. The van der Waals surface area contributed by atoms with Gasteiger partial charge >= 0.3 is 0 Å². The third kappa shape index (κ3) is 1.09. The summed E-state index contributed by atoms with van der Waals surface area (Å²) >= 11 is 5.37. The van der Waals surface area contributed by atoms with Crippen molar-refractivity contribution in [2.24, 2.45) is 0 Å². The highest BCUT2D eigenvalue weighted by molar-refractivity contribution is 6.37. The van der Waals surface area contributed by atoms with E-state index in [1.54, 1.807) is 0 Å². The average molecular weight is 158 g/mol. The van der Waals surface area contributed by atoms with Crippen LogP contribution in [-0.2, 0) is 9.59 Å². The molecule has 0 bridgehead atoms. The van der Waals surface area contributed by atoms with Crippen LogP contribution in [0.5, 0.6) is 0 Å². The zero-order valence-electron chi connectivity index (χ0n) is 4.98. The molecule has 0 aromatic rings. The fourth-order valence-electron chi connectivity index (χ4n) is 0.613. The van der Waals surface area contributed by atoms with Crippen molar-refractivity contribution in [2.75, 3.05) is 0 Å². The van der Waals surface area contributed by atoms with Gasteiger partial charge in [-0.25, -0.2) is 0 Å². The van der Waals surface area contributed by atoms with Gasteiger partial charge < -0.3 is 0 Å². The Hall–Kier alpha value is -1.09. The first kappa shape index (κ1) is 7.02. The van der Waals surface area contributed by atoms with Gasteiger partial charge in [-0.3, -0.25) is 14.9 Å². The molecule has 0 radical (unpaired) electrons. The summed E-state index contributed by atoms with van der Waals surface area (Å²) < 4.78 is 0. The van der Waals surface area contributed by atoms with E-state index in [4.69, 9.17) is 11.6 Å². The summed E-state index contributed by atoms with van der Waals surface area (Å²) in [5.41, 5.74) is 0.145. The molecule has 1 aliphatic heterocycles. The van der Waals surface area contributed by atoms with Crippen LogP contribution in [0, 0.1) is 0 Å². The van der Waals surface area contributed by atoms with Crippen LogP contribution in [0.15, 0.2) is 23.3 Å². The summed E-state index contributed by atoms with van der Waals surface area (Å²) in [4.78, 5) is 21.1. The number of carbonyl (C=O) groups is 2. The third-order valence-electron chi connectivity index (χ3n) is 1.05. The second-order valence-electron chi connectivity index (χ2n) is 1.78. The van der Waals surface area contributed by atoms with Gasteiger partial charge in [0.1, 0.15) is 0 Å². The van der Waals surface area contributed by atoms with Gasteiger partial charge in [-0.2, -0.15) is 0 Å². The third-order valence-corrected chi connectivity index (χ3v) is 1.25. The van der Waals surface area contributed by atoms with Crippen molar-refractivity contribution in [3.63, 3.8) is 0 Å². The molecule has 0 aromatic carbocycles. The number of hydrogen-bond donors (Lipinski definition) is 1. The molecule has 1 N–H and O–H groups in total. The highest BCUT2D eigenvalue weighted by Crippen LogP contribution is 2.14. The zero-order chi connectivity index (χ0) is 7.72. The first-order valence-corrected chi connectivity index (χ1v) is 2.91. The predicted molar refractivity (Wildman–Crippen MR) is 36.2 cm³/mol. The number of hydrogen-bond acceptors (Lipinski definition) is 2. The van der Waals surface area contributed by atoms with E-state index < -0.39 is 11.8 Å². The van der Waals surface area contributed by atoms with E-state index in [0.29, 0.717) is 0 Å². The van der Waals surface area contributed by atoms with Crippen molar-refractivity contribution in [1.29, 1.82) is 0 Å². The molecule has 10 heavy (non-hydrogen) atoms. The van der Waals surface area contributed by atoms with Gasteiger partial charge in [-0.15, -0.1) is 0 Å². The van der Waals surface area contributed by atoms with Crippen molar-refractivity contribution in [1.82, 2.24) is 5.32 Å². The van der Waals surface area contributed by atoms with Crippen LogP contribution in [0.2, 0.25) is 0 Å². The number of nitrogens with one attached hydrogen (secondary N) is 1. The lowest BCUT2D eigenvalue weighted by atomic mass is 10.3. The topological polar surface area (TPSA) is 46.2 Å². The Balaban J connectivity index is 2.96. The molecule has 2 amide bonds. The van der Waals surface area contributed by atoms with Crippen LogP contribution in [0.4, 0.5) is 0 Å². The normalized spacial score (nSPS) is 16.7. The van der Waals surface area contributed by atoms with Crippen LogP contribution in [0.1, 0.15) is 0 Å². The molecule has 1 aliphatic rings. The molecule has 0 saturated carbocycles. The first-order chi connectivity index (χ1) is 4.61. The van der Waals surface area contributed by atoms with Crippen LogP contribution < -0.4 is 5.32 Å². The Labute approximate surface area is 62.4 Å². The van der Waals surface area contributed by atoms with Crippen LogP contribution in [-0.4, -0.2) is 11.8 Å². The monoisotopic (exact) mass is 157 g/mol. The molecule has 4 heteroatoms. The number of halogens is 1. The maximum absolute atomic E-state index is 10.7. The minimum absolute atomic E-state index is 0.0864. The Kier molecular flexibility index (Phi) is 1.59. The molecule has 0 atom stereocenters. The van der Waals surface area contributed by atoms with Crippen molar-refractivity contribution in [3.05, 3.63) is 23.3 Å². The van der Waals surface area contributed by atoms with Crippen molar-refractivity contribution < 1.29 is 9.59 Å². The molecule has 0 saturated heterocycles. The summed E-state index contributed by atoms with van der Waals surface area (Å²) in [6.45, 7) is 3.31. The maximum Gasteiger partial charge on any atom is 0.259 e. The molecule has 0 unspecified atom stereocenters. The molecule has 3 nitrogen and oxygen atoms in total. The average Bonchev–Trinajstić information content (AvgIpc) is 2.10. The second-order valence-corrected chi connectivity index (χ2v) is 2.24. The molecular weight excluding hydrogens is 154 g/mol. The van der Waals surface area contributed by atoms with E-state index in [1.807, 2.05) is 5.32 Å². The smallest absolute Gasteiger partial charge is 0.259 e. The second kappa shape index (κ2) is 2.27. The predicted octanol–water partition coefficient (Wildman–Crippen LogP) is 0.322. The fraction of sp³-hybridized carbons (Fsp3) is 0. The molecule has 52 valence electrons. The fourth-order valence-corrected chi connectivity index (χ4v) is 0.754. The maximum atomic E-state index is 10.7. The SMILES string of the molecule is C=C(Cl)C1=CC(=O)NC1=O. The van der Waals surface area contributed by atoms with Crippen LogP contribution in [0.3, 0.4) is 0 Å². The number of amides is 2. The van der Waals surface area contributed by atoms with E-state index in [9.17, 15) is 9.59 Å². The molecule has 0 aromatic heterocycles. The molecule has 0 fully saturated rings. The van der Waals surface area contributed by atoms with Crippen molar-refractivity contribution >= 4 is 23.4 Å². The highest BCUT2D eigenvalue weighted by Gasteiger charge is 2.21. The van der Waals surface area contributed by atoms with Gasteiger partial charge in [0.15, 0.2) is 0 Å². The van der Waals surface area contributed by atoms with Gasteiger partial charge in [0.2, 0.25) is 0 Å². The highest BCUT2D eigenvalue weighted by atomic mass is 35.5. The van der Waals surface area contributed by atoms with Crippen LogP contribution >= 0.6 is 11.6 Å². The quantitative estimate of drug-likeness (QED) is 0.558. The van der Waals surface area contributed by atoms with Gasteiger partial charge in [0, 0.05) is 11.1 Å². The summed E-state index contributed by atoms with van der Waals surface area (Å²) in [6.07, 6.45) is 1.12.